The highest BCUT2D eigenvalue weighted by atomic mass is 16.3. The Bertz CT molecular complexity index is 228. The van der Waals surface area contributed by atoms with Gasteiger partial charge >= 0.3 is 0 Å². The van der Waals surface area contributed by atoms with E-state index < -0.39 is 0 Å². The van der Waals surface area contributed by atoms with E-state index in [9.17, 15) is 4.79 Å². The Morgan fingerprint density at radius 2 is 2.19 bits per heavy atom. The molecule has 2 unspecified atom stereocenters. The zero-order valence-electron chi connectivity index (χ0n) is 10.8. The van der Waals surface area contributed by atoms with E-state index in [1.165, 1.54) is 0 Å². The largest absolute Gasteiger partial charge is 0.396 e. The lowest BCUT2D eigenvalue weighted by Gasteiger charge is -2.25. The highest BCUT2D eigenvalue weighted by molar-refractivity contribution is 5.79. The normalized spacial score (nSPS) is 22.8. The SMILES string of the molecule is CCCC(C(=O)N1CCC(CO)C1)C(C)C. The molecule has 94 valence electrons. The number of carbonyl (C=O) groups is 1. The Balaban J connectivity index is 2.54. The standard InChI is InChI=1S/C13H25NO2/c1-4-5-12(10(2)3)13(16)14-7-6-11(8-14)9-15/h10-12,15H,4-9H2,1-3H3. The molecule has 1 aliphatic rings. The van der Waals surface area contributed by atoms with Crippen LogP contribution >= 0.6 is 0 Å². The van der Waals surface area contributed by atoms with Gasteiger partial charge in [-0.2, -0.15) is 0 Å². The molecule has 0 saturated carbocycles. The van der Waals surface area contributed by atoms with Crippen LogP contribution in [0.25, 0.3) is 0 Å². The van der Waals surface area contributed by atoms with Crippen LogP contribution in [-0.4, -0.2) is 35.6 Å². The Hall–Kier alpha value is -0.570. The van der Waals surface area contributed by atoms with Crippen LogP contribution in [0.2, 0.25) is 0 Å². The molecular formula is C13H25NO2. The highest BCUT2D eigenvalue weighted by Gasteiger charge is 2.31. The molecule has 0 aromatic heterocycles. The summed E-state index contributed by atoms with van der Waals surface area (Å²) in [5.74, 6) is 1.19. The summed E-state index contributed by atoms with van der Waals surface area (Å²) in [6.07, 6.45) is 3.00. The number of aliphatic hydroxyl groups excluding tert-OH is 1. The molecule has 2 atom stereocenters. The highest BCUT2D eigenvalue weighted by Crippen LogP contribution is 2.24. The molecule has 1 aliphatic heterocycles. The van der Waals surface area contributed by atoms with E-state index in [1.807, 2.05) is 4.90 Å². The van der Waals surface area contributed by atoms with Crippen LogP contribution in [0.3, 0.4) is 0 Å². The third kappa shape index (κ3) is 3.21. The molecule has 3 nitrogen and oxygen atoms in total. The fourth-order valence-electron chi connectivity index (χ4n) is 2.47. The summed E-state index contributed by atoms with van der Waals surface area (Å²) in [5.41, 5.74) is 0. The molecule has 3 heteroatoms. The number of aliphatic hydroxyl groups is 1. The van der Waals surface area contributed by atoms with E-state index in [-0.39, 0.29) is 12.5 Å². The summed E-state index contributed by atoms with van der Waals surface area (Å²) in [6.45, 7) is 8.17. The molecule has 0 aromatic rings. The minimum Gasteiger partial charge on any atom is -0.396 e. The van der Waals surface area contributed by atoms with Crippen molar-refractivity contribution in [2.45, 2.75) is 40.0 Å². The fraction of sp³-hybridized carbons (Fsp3) is 0.923. The molecule has 0 radical (unpaired) electrons. The van der Waals surface area contributed by atoms with Gasteiger partial charge in [-0.25, -0.2) is 0 Å². The van der Waals surface area contributed by atoms with E-state index in [4.69, 9.17) is 5.11 Å². The van der Waals surface area contributed by atoms with Crippen LogP contribution in [0, 0.1) is 17.8 Å². The molecule has 0 spiro atoms. The van der Waals surface area contributed by atoms with Crippen molar-refractivity contribution in [3.63, 3.8) is 0 Å². The van der Waals surface area contributed by atoms with E-state index in [1.54, 1.807) is 0 Å². The topological polar surface area (TPSA) is 40.5 Å². The Morgan fingerprint density at radius 3 is 2.62 bits per heavy atom. The van der Waals surface area contributed by atoms with Crippen molar-refractivity contribution in [1.29, 1.82) is 0 Å². The number of carbonyl (C=O) groups excluding carboxylic acids is 1. The third-order valence-electron chi connectivity index (χ3n) is 3.58. The molecule has 1 saturated heterocycles. The number of amides is 1. The van der Waals surface area contributed by atoms with Crippen LogP contribution in [0.1, 0.15) is 40.0 Å². The zero-order valence-corrected chi connectivity index (χ0v) is 10.8. The molecule has 1 amide bonds. The van der Waals surface area contributed by atoms with Crippen LogP contribution < -0.4 is 0 Å². The van der Waals surface area contributed by atoms with Gasteiger partial charge in [0.05, 0.1) is 0 Å². The van der Waals surface area contributed by atoms with Gasteiger partial charge in [-0.1, -0.05) is 27.2 Å². The van der Waals surface area contributed by atoms with Crippen LogP contribution in [-0.2, 0) is 4.79 Å². The minimum absolute atomic E-state index is 0.169. The van der Waals surface area contributed by atoms with Crippen LogP contribution in [0.4, 0.5) is 0 Å². The van der Waals surface area contributed by atoms with E-state index in [0.29, 0.717) is 17.7 Å². The number of rotatable bonds is 5. The summed E-state index contributed by atoms with van der Waals surface area (Å²) < 4.78 is 0. The van der Waals surface area contributed by atoms with Gasteiger partial charge in [0.25, 0.3) is 0 Å². The maximum absolute atomic E-state index is 12.3. The molecule has 1 heterocycles. The van der Waals surface area contributed by atoms with Crippen molar-refractivity contribution in [3.05, 3.63) is 0 Å². The predicted molar refractivity (Wildman–Crippen MR) is 65.0 cm³/mol. The average Bonchev–Trinajstić information content (AvgIpc) is 2.73. The smallest absolute Gasteiger partial charge is 0.225 e. The van der Waals surface area contributed by atoms with E-state index in [2.05, 4.69) is 20.8 Å². The Kier molecular flexibility index (Phi) is 5.26. The first kappa shape index (κ1) is 13.5. The van der Waals surface area contributed by atoms with Crippen molar-refractivity contribution in [3.8, 4) is 0 Å². The summed E-state index contributed by atoms with van der Waals surface area (Å²) in [5, 5.41) is 9.08. The number of hydrogen-bond donors (Lipinski definition) is 1. The van der Waals surface area contributed by atoms with E-state index >= 15 is 0 Å². The van der Waals surface area contributed by atoms with Crippen molar-refractivity contribution in [1.82, 2.24) is 4.90 Å². The van der Waals surface area contributed by atoms with Crippen molar-refractivity contribution >= 4 is 5.91 Å². The first-order valence-corrected chi connectivity index (χ1v) is 6.49. The van der Waals surface area contributed by atoms with Crippen molar-refractivity contribution in [2.24, 2.45) is 17.8 Å². The molecule has 1 rings (SSSR count). The first-order valence-electron chi connectivity index (χ1n) is 6.49. The lowest BCUT2D eigenvalue weighted by Crippen LogP contribution is -2.36. The van der Waals surface area contributed by atoms with Crippen LogP contribution in [0.5, 0.6) is 0 Å². The second-order valence-corrected chi connectivity index (χ2v) is 5.26. The maximum atomic E-state index is 12.3. The Labute approximate surface area is 98.8 Å². The lowest BCUT2D eigenvalue weighted by atomic mass is 9.90. The van der Waals surface area contributed by atoms with Gasteiger partial charge in [-0.3, -0.25) is 4.79 Å². The second-order valence-electron chi connectivity index (χ2n) is 5.26. The molecule has 0 bridgehead atoms. The monoisotopic (exact) mass is 227 g/mol. The maximum Gasteiger partial charge on any atom is 0.225 e. The third-order valence-corrected chi connectivity index (χ3v) is 3.58. The minimum atomic E-state index is 0.169. The molecular weight excluding hydrogens is 202 g/mol. The quantitative estimate of drug-likeness (QED) is 0.779. The summed E-state index contributed by atoms with van der Waals surface area (Å²) >= 11 is 0. The number of hydrogen-bond acceptors (Lipinski definition) is 2. The van der Waals surface area contributed by atoms with E-state index in [0.717, 1.165) is 32.4 Å². The molecule has 16 heavy (non-hydrogen) atoms. The van der Waals surface area contributed by atoms with Gasteiger partial charge in [0.15, 0.2) is 0 Å². The Morgan fingerprint density at radius 1 is 1.50 bits per heavy atom. The van der Waals surface area contributed by atoms with Crippen LogP contribution in [0.15, 0.2) is 0 Å². The van der Waals surface area contributed by atoms with Gasteiger partial charge in [-0.15, -0.1) is 0 Å². The molecule has 1 fully saturated rings. The molecule has 1 N–H and O–H groups in total. The van der Waals surface area contributed by atoms with Gasteiger partial charge in [0, 0.05) is 31.5 Å². The number of likely N-dealkylation sites (tertiary alicyclic amines) is 1. The average molecular weight is 227 g/mol. The first-order chi connectivity index (χ1) is 7.60. The fourth-order valence-corrected chi connectivity index (χ4v) is 2.47. The predicted octanol–water partition coefficient (Wildman–Crippen LogP) is 1.90. The van der Waals surface area contributed by atoms with Gasteiger partial charge in [0.2, 0.25) is 5.91 Å². The molecule has 0 aromatic carbocycles. The number of nitrogens with zero attached hydrogens (tertiary/aromatic N) is 1. The zero-order chi connectivity index (χ0) is 12.1. The van der Waals surface area contributed by atoms with Gasteiger partial charge in [0.1, 0.15) is 0 Å². The van der Waals surface area contributed by atoms with Gasteiger partial charge < -0.3 is 10.0 Å². The summed E-state index contributed by atoms with van der Waals surface area (Å²) in [4.78, 5) is 14.2. The summed E-state index contributed by atoms with van der Waals surface area (Å²) in [6, 6.07) is 0. The second kappa shape index (κ2) is 6.24. The summed E-state index contributed by atoms with van der Waals surface area (Å²) in [7, 11) is 0. The molecule has 0 aliphatic carbocycles. The lowest BCUT2D eigenvalue weighted by molar-refractivity contribution is -0.136. The van der Waals surface area contributed by atoms with Crippen molar-refractivity contribution < 1.29 is 9.90 Å². The van der Waals surface area contributed by atoms with Gasteiger partial charge in [-0.05, 0) is 18.8 Å². The van der Waals surface area contributed by atoms with Crippen molar-refractivity contribution in [2.75, 3.05) is 19.7 Å².